The van der Waals surface area contributed by atoms with Gasteiger partial charge >= 0.3 is 12.1 Å². The van der Waals surface area contributed by atoms with Gasteiger partial charge in [0.25, 0.3) is 0 Å². The quantitative estimate of drug-likeness (QED) is 0.706. The number of carbonyl (C=O) groups is 1. The first-order valence-corrected chi connectivity index (χ1v) is 7.49. The summed E-state index contributed by atoms with van der Waals surface area (Å²) >= 11 is 0. The minimum Gasteiger partial charge on any atom is -0.375 e. The summed E-state index contributed by atoms with van der Waals surface area (Å²) in [6, 6.07) is 15.4. The average molecular weight is 322 g/mol. The highest BCUT2D eigenvalue weighted by Gasteiger charge is 2.16. The summed E-state index contributed by atoms with van der Waals surface area (Å²) in [5, 5.41) is 0. The summed E-state index contributed by atoms with van der Waals surface area (Å²) in [5.41, 5.74) is 14.9. The Bertz CT molecular complexity index is 887. The van der Waals surface area contributed by atoms with Crippen molar-refractivity contribution < 1.29 is 9.53 Å². The molecule has 0 bridgehead atoms. The van der Waals surface area contributed by atoms with Crippen molar-refractivity contribution in [1.29, 1.82) is 0 Å². The molecule has 0 aliphatic rings. The van der Waals surface area contributed by atoms with E-state index in [4.69, 9.17) is 16.2 Å². The summed E-state index contributed by atoms with van der Waals surface area (Å²) in [6.45, 7) is 4.16. The largest absolute Gasteiger partial charge is 0.412 e. The van der Waals surface area contributed by atoms with Crippen LogP contribution >= 0.6 is 0 Å². The third-order valence-corrected chi connectivity index (χ3v) is 3.76. The Kier molecular flexibility index (Phi) is 4.31. The molecule has 0 radical (unpaired) electrons. The molecule has 0 aliphatic carbocycles. The highest BCUT2D eigenvalue weighted by molar-refractivity contribution is 5.79. The van der Waals surface area contributed by atoms with Gasteiger partial charge in [0.2, 0.25) is 0 Å². The molecule has 3 rings (SSSR count). The lowest BCUT2D eigenvalue weighted by atomic mass is 9.99. The third-order valence-electron chi connectivity index (χ3n) is 3.76. The molecule has 1 aromatic heterocycles. The molecule has 4 N–H and O–H groups in total. The lowest BCUT2D eigenvalue weighted by Crippen LogP contribution is -2.18. The van der Waals surface area contributed by atoms with Gasteiger partial charge in [0.1, 0.15) is 0 Å². The van der Waals surface area contributed by atoms with Crippen molar-refractivity contribution in [3.63, 3.8) is 0 Å². The number of carbonyl (C=O) groups excluding carboxylic acids is 1. The summed E-state index contributed by atoms with van der Waals surface area (Å²) in [6.07, 6.45) is 0.787. The molecular formula is C18H18N4O2. The number of amides is 1. The Balaban J connectivity index is 2.05. The third kappa shape index (κ3) is 3.00. The second-order valence-electron chi connectivity index (χ2n) is 5.35. The predicted molar refractivity (Wildman–Crippen MR) is 92.6 cm³/mol. The zero-order valence-corrected chi connectivity index (χ0v) is 13.1. The van der Waals surface area contributed by atoms with Gasteiger partial charge in [0.05, 0.1) is 17.1 Å². The molecule has 0 fully saturated rings. The van der Waals surface area contributed by atoms with Gasteiger partial charge < -0.3 is 16.2 Å². The molecule has 24 heavy (non-hydrogen) atoms. The van der Waals surface area contributed by atoms with Crippen molar-refractivity contribution in [2.45, 2.75) is 12.6 Å². The highest BCUT2D eigenvalue weighted by atomic mass is 16.6. The van der Waals surface area contributed by atoms with Crippen molar-refractivity contribution in [2.75, 3.05) is 0 Å². The molecule has 1 atom stereocenters. The summed E-state index contributed by atoms with van der Waals surface area (Å²) in [7, 11) is 0. The van der Waals surface area contributed by atoms with E-state index < -0.39 is 6.09 Å². The zero-order valence-electron chi connectivity index (χ0n) is 13.1. The van der Waals surface area contributed by atoms with Crippen molar-refractivity contribution in [1.82, 2.24) is 9.55 Å². The summed E-state index contributed by atoms with van der Waals surface area (Å²) in [5.74, 6) is 0. The summed E-state index contributed by atoms with van der Waals surface area (Å²) < 4.78 is 6.71. The topological polar surface area (TPSA) is 96.2 Å². The number of nitrogens with two attached hydrogens (primary N) is 2. The summed E-state index contributed by atoms with van der Waals surface area (Å²) in [4.78, 5) is 15.4. The smallest absolute Gasteiger partial charge is 0.375 e. The molecule has 0 saturated heterocycles. The second-order valence-corrected chi connectivity index (χ2v) is 5.35. The molecule has 1 amide bonds. The van der Waals surface area contributed by atoms with E-state index in [0.717, 1.165) is 16.6 Å². The minimum atomic E-state index is -0.906. The highest BCUT2D eigenvalue weighted by Crippen LogP contribution is 2.26. The monoisotopic (exact) mass is 322 g/mol. The van der Waals surface area contributed by atoms with Crippen LogP contribution in [0.1, 0.15) is 17.2 Å². The second kappa shape index (κ2) is 6.55. The van der Waals surface area contributed by atoms with Crippen LogP contribution < -0.4 is 16.2 Å². The van der Waals surface area contributed by atoms with Gasteiger partial charge in [0, 0.05) is 6.54 Å². The number of nitrogens with zero attached hydrogens (tertiary/aromatic N) is 2. The van der Waals surface area contributed by atoms with Crippen molar-refractivity contribution in [2.24, 2.45) is 11.5 Å². The van der Waals surface area contributed by atoms with E-state index in [1.54, 1.807) is 10.6 Å². The van der Waals surface area contributed by atoms with Gasteiger partial charge in [-0.3, -0.25) is 4.57 Å². The van der Waals surface area contributed by atoms with E-state index >= 15 is 0 Å². The van der Waals surface area contributed by atoms with Gasteiger partial charge in [-0.05, 0) is 23.3 Å². The number of aromatic nitrogens is 2. The van der Waals surface area contributed by atoms with Crippen molar-refractivity contribution in [3.8, 4) is 6.01 Å². The Morgan fingerprint density at radius 2 is 2.00 bits per heavy atom. The first-order valence-electron chi connectivity index (χ1n) is 7.49. The first kappa shape index (κ1) is 15.8. The molecule has 2 aromatic carbocycles. The molecule has 6 nitrogen and oxygen atoms in total. The van der Waals surface area contributed by atoms with E-state index in [-0.39, 0.29) is 12.1 Å². The Morgan fingerprint density at radius 3 is 2.67 bits per heavy atom. The van der Waals surface area contributed by atoms with Crippen LogP contribution in [0, 0.1) is 0 Å². The number of imidazole rings is 1. The Labute approximate surface area is 139 Å². The number of primary amides is 1. The maximum absolute atomic E-state index is 11.1. The molecule has 122 valence electrons. The van der Waals surface area contributed by atoms with Gasteiger partial charge in [0.15, 0.2) is 0 Å². The van der Waals surface area contributed by atoms with Crippen LogP contribution in [0.25, 0.3) is 11.0 Å². The van der Waals surface area contributed by atoms with Crippen molar-refractivity contribution in [3.05, 3.63) is 72.3 Å². The van der Waals surface area contributed by atoms with Crippen LogP contribution in [-0.4, -0.2) is 15.6 Å². The minimum absolute atomic E-state index is 0.142. The molecule has 0 saturated carbocycles. The number of hydrogen-bond donors (Lipinski definition) is 2. The molecule has 3 aromatic rings. The molecule has 0 spiro atoms. The molecule has 1 heterocycles. The first-order chi connectivity index (χ1) is 11.6. The van der Waals surface area contributed by atoms with E-state index in [1.807, 2.05) is 48.5 Å². The standard InChI is InChI=1S/C18H18N4O2/c1-2-10-22-15-9-8-13(16(19)12-6-4-3-5-7-12)11-14(15)21-18(22)24-17(20)23/h2-9,11,16H,1,10,19H2,(H2,20,23). The maximum atomic E-state index is 11.1. The van der Waals surface area contributed by atoms with Crippen LogP contribution in [0.15, 0.2) is 61.2 Å². The predicted octanol–water partition coefficient (Wildman–Crippen LogP) is 2.73. The number of fused-ring (bicyclic) bond motifs is 1. The van der Waals surface area contributed by atoms with E-state index in [2.05, 4.69) is 11.6 Å². The van der Waals surface area contributed by atoms with Crippen LogP contribution in [0.4, 0.5) is 4.79 Å². The number of rotatable bonds is 5. The van der Waals surface area contributed by atoms with E-state index in [0.29, 0.717) is 12.1 Å². The average Bonchev–Trinajstić information content (AvgIpc) is 2.91. The fourth-order valence-corrected chi connectivity index (χ4v) is 2.64. The zero-order chi connectivity index (χ0) is 17.1. The number of hydrogen-bond acceptors (Lipinski definition) is 4. The van der Waals surface area contributed by atoms with Gasteiger partial charge in [-0.25, -0.2) is 4.79 Å². The Hall–Kier alpha value is -3.12. The van der Waals surface area contributed by atoms with Gasteiger partial charge in [-0.15, -0.1) is 6.58 Å². The van der Waals surface area contributed by atoms with Gasteiger partial charge in [-0.2, -0.15) is 4.98 Å². The fourth-order valence-electron chi connectivity index (χ4n) is 2.64. The Morgan fingerprint density at radius 1 is 1.25 bits per heavy atom. The SMILES string of the molecule is C=CCn1c(OC(N)=O)nc2cc(C(N)c3ccccc3)ccc21. The molecule has 0 aliphatic heterocycles. The van der Waals surface area contributed by atoms with Crippen LogP contribution in [-0.2, 0) is 6.54 Å². The lowest BCUT2D eigenvalue weighted by Gasteiger charge is -2.12. The van der Waals surface area contributed by atoms with Crippen molar-refractivity contribution >= 4 is 17.1 Å². The fraction of sp³-hybridized carbons (Fsp3) is 0.111. The van der Waals surface area contributed by atoms with Crippen LogP contribution in [0.2, 0.25) is 0 Å². The molecular weight excluding hydrogens is 304 g/mol. The number of benzene rings is 2. The molecule has 6 heteroatoms. The normalized spacial score (nSPS) is 12.0. The van der Waals surface area contributed by atoms with E-state index in [1.165, 1.54) is 0 Å². The lowest BCUT2D eigenvalue weighted by molar-refractivity contribution is 0.205. The van der Waals surface area contributed by atoms with Gasteiger partial charge in [-0.1, -0.05) is 42.5 Å². The van der Waals surface area contributed by atoms with Crippen LogP contribution in [0.3, 0.4) is 0 Å². The van der Waals surface area contributed by atoms with E-state index in [9.17, 15) is 4.79 Å². The molecule has 1 unspecified atom stereocenters. The van der Waals surface area contributed by atoms with Crippen LogP contribution in [0.5, 0.6) is 6.01 Å². The number of ether oxygens (including phenoxy) is 1. The number of allylic oxidation sites excluding steroid dienone is 1. The maximum Gasteiger partial charge on any atom is 0.412 e.